The molecule has 1 aromatic rings. The smallest absolute Gasteiger partial charge is 0.149 e. The largest absolute Gasteiger partial charge is 0.481 e. The average Bonchev–Trinajstić information content (AvgIpc) is 2.29. The first kappa shape index (κ1) is 13.9. The Labute approximate surface area is 108 Å². The van der Waals surface area contributed by atoms with Crippen molar-refractivity contribution in [2.45, 2.75) is 33.4 Å². The molecule has 0 aliphatic rings. The van der Waals surface area contributed by atoms with Crippen molar-refractivity contribution in [2.75, 3.05) is 6.61 Å². The quantitative estimate of drug-likeness (QED) is 0.812. The van der Waals surface area contributed by atoms with Gasteiger partial charge in [-0.3, -0.25) is 0 Å². The van der Waals surface area contributed by atoms with Gasteiger partial charge >= 0.3 is 0 Å². The normalized spacial score (nSPS) is 9.94. The highest BCUT2D eigenvalue weighted by Crippen LogP contribution is 2.22. The van der Waals surface area contributed by atoms with Gasteiger partial charge in [0.05, 0.1) is 0 Å². The van der Waals surface area contributed by atoms with Crippen LogP contribution in [0.25, 0.3) is 0 Å². The zero-order valence-electron chi connectivity index (χ0n) is 10.5. The van der Waals surface area contributed by atoms with Gasteiger partial charge in [0.25, 0.3) is 0 Å². The molecule has 1 rings (SSSR count). The van der Waals surface area contributed by atoms with Crippen molar-refractivity contribution in [3.63, 3.8) is 0 Å². The van der Waals surface area contributed by atoms with Crippen molar-refractivity contribution < 1.29 is 4.74 Å². The van der Waals surface area contributed by atoms with Crippen LogP contribution in [-0.2, 0) is 6.54 Å². The van der Waals surface area contributed by atoms with Crippen molar-refractivity contribution in [1.29, 1.82) is 0 Å². The Morgan fingerprint density at radius 1 is 1.41 bits per heavy atom. The molecule has 0 radical (unpaired) electrons. The molecule has 0 spiro atoms. The maximum atomic E-state index is 5.98. The van der Waals surface area contributed by atoms with E-state index in [-0.39, 0.29) is 0 Å². The summed E-state index contributed by atoms with van der Waals surface area (Å²) in [6, 6.07) is 6.06. The summed E-state index contributed by atoms with van der Waals surface area (Å²) in [5, 5.41) is 4.07. The van der Waals surface area contributed by atoms with Gasteiger partial charge in [0.1, 0.15) is 12.4 Å². The lowest BCUT2D eigenvalue weighted by molar-refractivity contribution is 0.364. The van der Waals surface area contributed by atoms with Crippen molar-refractivity contribution in [3.8, 4) is 17.6 Å². The summed E-state index contributed by atoms with van der Waals surface area (Å²) in [5.74, 6) is 6.52. The number of benzene rings is 1. The summed E-state index contributed by atoms with van der Waals surface area (Å²) < 4.78 is 5.59. The molecule has 1 N–H and O–H groups in total. The molecule has 0 aliphatic heterocycles. The fourth-order valence-corrected chi connectivity index (χ4v) is 1.52. The van der Waals surface area contributed by atoms with E-state index in [1.807, 2.05) is 18.2 Å². The third kappa shape index (κ3) is 5.12. The first-order valence-corrected chi connectivity index (χ1v) is 6.05. The highest BCUT2D eigenvalue weighted by molar-refractivity contribution is 6.30. The van der Waals surface area contributed by atoms with Crippen molar-refractivity contribution in [2.24, 2.45) is 0 Å². The van der Waals surface area contributed by atoms with E-state index >= 15 is 0 Å². The predicted molar refractivity (Wildman–Crippen MR) is 72.4 cm³/mol. The van der Waals surface area contributed by atoms with Crippen molar-refractivity contribution >= 4 is 11.6 Å². The minimum absolute atomic E-state index is 0.410. The second kappa shape index (κ2) is 7.21. The highest BCUT2D eigenvalue weighted by Gasteiger charge is 2.05. The summed E-state index contributed by atoms with van der Waals surface area (Å²) in [4.78, 5) is 0. The van der Waals surface area contributed by atoms with Gasteiger partial charge in [-0.25, -0.2) is 0 Å². The van der Waals surface area contributed by atoms with Crippen LogP contribution in [0.15, 0.2) is 18.2 Å². The lowest BCUT2D eigenvalue weighted by Gasteiger charge is -2.13. The molecule has 0 aromatic heterocycles. The summed E-state index contributed by atoms with van der Waals surface area (Å²) >= 11 is 5.98. The molecule has 0 atom stereocenters. The average molecular weight is 252 g/mol. The van der Waals surface area contributed by atoms with Gasteiger partial charge in [0, 0.05) is 23.2 Å². The number of hydrogen-bond acceptors (Lipinski definition) is 2. The van der Waals surface area contributed by atoms with E-state index in [0.717, 1.165) is 22.9 Å². The van der Waals surface area contributed by atoms with E-state index in [2.05, 4.69) is 31.0 Å². The first-order chi connectivity index (χ1) is 8.13. The summed E-state index contributed by atoms with van der Waals surface area (Å²) in [6.45, 7) is 7.16. The molecule has 0 bridgehead atoms. The maximum absolute atomic E-state index is 5.98. The molecule has 0 fully saturated rings. The molecule has 0 unspecified atom stereocenters. The Morgan fingerprint density at radius 3 is 2.82 bits per heavy atom. The van der Waals surface area contributed by atoms with Gasteiger partial charge in [-0.2, -0.15) is 0 Å². The fourth-order valence-electron chi connectivity index (χ4n) is 1.33. The zero-order chi connectivity index (χ0) is 12.7. The van der Waals surface area contributed by atoms with Gasteiger partial charge in [-0.15, -0.1) is 5.92 Å². The molecule has 92 valence electrons. The zero-order valence-corrected chi connectivity index (χ0v) is 11.3. The Kier molecular flexibility index (Phi) is 5.90. The van der Waals surface area contributed by atoms with E-state index in [1.54, 1.807) is 6.92 Å². The molecule has 0 amide bonds. The molecule has 0 heterocycles. The third-order valence-corrected chi connectivity index (χ3v) is 2.44. The van der Waals surface area contributed by atoms with Crippen LogP contribution in [0.3, 0.4) is 0 Å². The first-order valence-electron chi connectivity index (χ1n) is 5.67. The van der Waals surface area contributed by atoms with Crippen LogP contribution in [0.2, 0.25) is 5.02 Å². The second-order valence-electron chi connectivity index (χ2n) is 4.00. The molecule has 3 heteroatoms. The van der Waals surface area contributed by atoms with Crippen molar-refractivity contribution in [3.05, 3.63) is 28.8 Å². The lowest BCUT2D eigenvalue weighted by Crippen LogP contribution is -2.22. The van der Waals surface area contributed by atoms with E-state index < -0.39 is 0 Å². The Balaban J connectivity index is 2.74. The van der Waals surface area contributed by atoms with E-state index in [1.165, 1.54) is 0 Å². The van der Waals surface area contributed by atoms with Crippen LogP contribution in [0.4, 0.5) is 0 Å². The monoisotopic (exact) mass is 251 g/mol. The van der Waals surface area contributed by atoms with Crippen LogP contribution in [0.5, 0.6) is 5.75 Å². The summed E-state index contributed by atoms with van der Waals surface area (Å²) in [7, 11) is 0. The van der Waals surface area contributed by atoms with E-state index in [9.17, 15) is 0 Å². The van der Waals surface area contributed by atoms with Crippen LogP contribution < -0.4 is 10.1 Å². The van der Waals surface area contributed by atoms with Gasteiger partial charge in [-0.05, 0) is 25.1 Å². The van der Waals surface area contributed by atoms with E-state index in [4.69, 9.17) is 16.3 Å². The Hall–Kier alpha value is -1.17. The van der Waals surface area contributed by atoms with Crippen LogP contribution in [0.1, 0.15) is 26.3 Å². The van der Waals surface area contributed by atoms with Crippen LogP contribution in [0, 0.1) is 11.8 Å². The molecule has 2 nitrogen and oxygen atoms in total. The standard InChI is InChI=1S/C14H18ClNO/c1-4-5-8-17-14-7-6-13(15)9-12(14)10-16-11(2)3/h6-7,9,11,16H,8,10H2,1-3H3. The molecule has 1 aromatic carbocycles. The minimum atomic E-state index is 0.410. The number of nitrogens with one attached hydrogen (secondary N) is 1. The molecular weight excluding hydrogens is 234 g/mol. The predicted octanol–water partition coefficient (Wildman–Crippen LogP) is 3.24. The van der Waals surface area contributed by atoms with Gasteiger partial charge in [0.15, 0.2) is 0 Å². The summed E-state index contributed by atoms with van der Waals surface area (Å²) in [6.07, 6.45) is 0. The molecular formula is C14H18ClNO. The molecule has 0 aliphatic carbocycles. The number of ether oxygens (including phenoxy) is 1. The van der Waals surface area contributed by atoms with Gasteiger partial charge in [-0.1, -0.05) is 31.4 Å². The van der Waals surface area contributed by atoms with Gasteiger partial charge < -0.3 is 10.1 Å². The second-order valence-corrected chi connectivity index (χ2v) is 4.44. The maximum Gasteiger partial charge on any atom is 0.149 e. The van der Waals surface area contributed by atoms with Gasteiger partial charge in [0.2, 0.25) is 0 Å². The molecule has 0 saturated heterocycles. The SMILES string of the molecule is CC#CCOc1ccc(Cl)cc1CNC(C)C. The van der Waals surface area contributed by atoms with Crippen LogP contribution >= 0.6 is 11.6 Å². The number of hydrogen-bond donors (Lipinski definition) is 1. The Morgan fingerprint density at radius 2 is 2.18 bits per heavy atom. The molecule has 0 saturated carbocycles. The highest BCUT2D eigenvalue weighted by atomic mass is 35.5. The molecule has 17 heavy (non-hydrogen) atoms. The minimum Gasteiger partial charge on any atom is -0.481 e. The Bertz CT molecular complexity index is 418. The number of rotatable bonds is 5. The van der Waals surface area contributed by atoms with E-state index in [0.29, 0.717) is 12.6 Å². The summed E-state index contributed by atoms with van der Waals surface area (Å²) in [5.41, 5.74) is 1.06. The third-order valence-electron chi connectivity index (χ3n) is 2.20. The number of halogens is 1. The topological polar surface area (TPSA) is 21.3 Å². The lowest BCUT2D eigenvalue weighted by atomic mass is 10.2. The fraction of sp³-hybridized carbons (Fsp3) is 0.429. The van der Waals surface area contributed by atoms with Crippen molar-refractivity contribution in [1.82, 2.24) is 5.32 Å². The van der Waals surface area contributed by atoms with Crippen LogP contribution in [-0.4, -0.2) is 12.6 Å².